The van der Waals surface area contributed by atoms with Crippen LogP contribution < -0.4 is 19.5 Å². The third-order valence-corrected chi connectivity index (χ3v) is 3.94. The molecule has 0 atom stereocenters. The van der Waals surface area contributed by atoms with E-state index in [4.69, 9.17) is 18.9 Å². The van der Waals surface area contributed by atoms with E-state index in [1.165, 1.54) is 13.2 Å². The quantitative estimate of drug-likeness (QED) is 0.631. The number of nitrogens with one attached hydrogen (secondary N) is 1. The van der Waals surface area contributed by atoms with Crippen LogP contribution >= 0.6 is 0 Å². The highest BCUT2D eigenvalue weighted by atomic mass is 16.5. The van der Waals surface area contributed by atoms with Gasteiger partial charge in [-0.1, -0.05) is 18.2 Å². The van der Waals surface area contributed by atoms with Gasteiger partial charge in [0, 0.05) is 6.54 Å². The van der Waals surface area contributed by atoms with Gasteiger partial charge in [-0.05, 0) is 43.2 Å². The molecule has 150 valence electrons. The molecule has 0 heterocycles. The highest BCUT2D eigenvalue weighted by molar-refractivity contribution is 5.92. The van der Waals surface area contributed by atoms with Gasteiger partial charge in [-0.3, -0.25) is 4.79 Å². The zero-order chi connectivity index (χ0) is 20.4. The Morgan fingerprint density at radius 3 is 2.43 bits per heavy atom. The molecule has 2 aromatic rings. The van der Waals surface area contributed by atoms with Crippen molar-refractivity contribution in [2.24, 2.45) is 0 Å². The smallest absolute Gasteiger partial charge is 0.338 e. The summed E-state index contributed by atoms with van der Waals surface area (Å²) in [6, 6.07) is 12.3. The van der Waals surface area contributed by atoms with Crippen LogP contribution in [0.15, 0.2) is 42.5 Å². The molecule has 2 rings (SSSR count). The monoisotopic (exact) mass is 387 g/mol. The van der Waals surface area contributed by atoms with Gasteiger partial charge in [0.1, 0.15) is 5.75 Å². The van der Waals surface area contributed by atoms with Crippen molar-refractivity contribution in [1.82, 2.24) is 5.32 Å². The molecule has 0 aliphatic heterocycles. The Hall–Kier alpha value is -3.22. The predicted molar refractivity (Wildman–Crippen MR) is 104 cm³/mol. The van der Waals surface area contributed by atoms with E-state index >= 15 is 0 Å². The predicted octanol–water partition coefficient (Wildman–Crippen LogP) is 2.62. The SMILES string of the molecule is CCOc1ccc(C(=O)OCC(=O)NCCc2ccccc2OC)cc1OC. The summed E-state index contributed by atoms with van der Waals surface area (Å²) in [5, 5.41) is 2.72. The molecule has 2 aromatic carbocycles. The number of hydrogen-bond donors (Lipinski definition) is 1. The Labute approximate surface area is 164 Å². The van der Waals surface area contributed by atoms with Crippen LogP contribution in [0, 0.1) is 0 Å². The maximum Gasteiger partial charge on any atom is 0.338 e. The van der Waals surface area contributed by atoms with Crippen molar-refractivity contribution in [3.05, 3.63) is 53.6 Å². The summed E-state index contributed by atoms with van der Waals surface area (Å²) in [5.74, 6) is 0.753. The van der Waals surface area contributed by atoms with Crippen LogP contribution in [0.5, 0.6) is 17.2 Å². The number of esters is 1. The number of benzene rings is 2. The lowest BCUT2D eigenvalue weighted by atomic mass is 10.1. The molecule has 1 N–H and O–H groups in total. The average molecular weight is 387 g/mol. The molecule has 0 aliphatic rings. The van der Waals surface area contributed by atoms with Crippen LogP contribution in [0.1, 0.15) is 22.8 Å². The first-order valence-electron chi connectivity index (χ1n) is 8.95. The van der Waals surface area contributed by atoms with E-state index in [-0.39, 0.29) is 18.1 Å². The fourth-order valence-electron chi connectivity index (χ4n) is 2.58. The molecule has 1 amide bonds. The molecule has 0 bridgehead atoms. The lowest BCUT2D eigenvalue weighted by molar-refractivity contribution is -0.124. The van der Waals surface area contributed by atoms with Crippen LogP contribution in [0.25, 0.3) is 0 Å². The summed E-state index contributed by atoms with van der Waals surface area (Å²) in [7, 11) is 3.09. The van der Waals surface area contributed by atoms with Gasteiger partial charge in [-0.15, -0.1) is 0 Å². The lowest BCUT2D eigenvalue weighted by Crippen LogP contribution is -2.30. The molecule has 7 nitrogen and oxygen atoms in total. The van der Waals surface area contributed by atoms with Gasteiger partial charge in [0.2, 0.25) is 0 Å². The fourth-order valence-corrected chi connectivity index (χ4v) is 2.58. The molecule has 0 unspecified atom stereocenters. The van der Waals surface area contributed by atoms with Crippen LogP contribution in [0.3, 0.4) is 0 Å². The number of hydrogen-bond acceptors (Lipinski definition) is 6. The van der Waals surface area contributed by atoms with Crippen molar-refractivity contribution in [1.29, 1.82) is 0 Å². The third kappa shape index (κ3) is 5.90. The Morgan fingerprint density at radius 2 is 1.71 bits per heavy atom. The van der Waals surface area contributed by atoms with Crippen molar-refractivity contribution >= 4 is 11.9 Å². The van der Waals surface area contributed by atoms with Crippen LogP contribution in [-0.4, -0.2) is 45.9 Å². The van der Waals surface area contributed by atoms with E-state index < -0.39 is 5.97 Å². The van der Waals surface area contributed by atoms with Gasteiger partial charge < -0.3 is 24.3 Å². The molecule has 0 radical (unpaired) electrons. The number of carbonyl (C=O) groups is 2. The van der Waals surface area contributed by atoms with E-state index in [0.29, 0.717) is 31.1 Å². The van der Waals surface area contributed by atoms with E-state index in [1.807, 2.05) is 31.2 Å². The Morgan fingerprint density at radius 1 is 0.964 bits per heavy atom. The molecule has 7 heteroatoms. The third-order valence-electron chi connectivity index (χ3n) is 3.94. The summed E-state index contributed by atoms with van der Waals surface area (Å²) >= 11 is 0. The normalized spacial score (nSPS) is 10.1. The van der Waals surface area contributed by atoms with Gasteiger partial charge >= 0.3 is 5.97 Å². The first kappa shape index (κ1) is 21.1. The van der Waals surface area contributed by atoms with Gasteiger partial charge in [0.15, 0.2) is 18.1 Å². The maximum atomic E-state index is 12.2. The Bertz CT molecular complexity index is 805. The first-order chi connectivity index (χ1) is 13.6. The van der Waals surface area contributed by atoms with Gasteiger partial charge in [0.25, 0.3) is 5.91 Å². The average Bonchev–Trinajstić information content (AvgIpc) is 2.72. The van der Waals surface area contributed by atoms with E-state index in [9.17, 15) is 9.59 Å². The Kier molecular flexibility index (Phi) is 8.14. The largest absolute Gasteiger partial charge is 0.496 e. The van der Waals surface area contributed by atoms with Crippen LogP contribution in [0.2, 0.25) is 0 Å². The van der Waals surface area contributed by atoms with E-state index in [1.54, 1.807) is 19.2 Å². The summed E-state index contributed by atoms with van der Waals surface area (Å²) in [6.07, 6.45) is 0.611. The molecule has 0 aliphatic carbocycles. The van der Waals surface area contributed by atoms with E-state index in [0.717, 1.165) is 11.3 Å². The minimum absolute atomic E-state index is 0.280. The molecule has 0 spiro atoms. The minimum Gasteiger partial charge on any atom is -0.496 e. The number of para-hydroxylation sites is 1. The molecule has 0 aromatic heterocycles. The maximum absolute atomic E-state index is 12.2. The summed E-state index contributed by atoms with van der Waals surface area (Å²) in [6.45, 7) is 2.39. The lowest BCUT2D eigenvalue weighted by Gasteiger charge is -2.11. The second-order valence-electron chi connectivity index (χ2n) is 5.79. The summed E-state index contributed by atoms with van der Waals surface area (Å²) in [4.78, 5) is 24.1. The van der Waals surface area contributed by atoms with Crippen molar-refractivity contribution in [2.45, 2.75) is 13.3 Å². The van der Waals surface area contributed by atoms with Crippen molar-refractivity contribution in [2.75, 3.05) is 34.0 Å². The topological polar surface area (TPSA) is 83.1 Å². The van der Waals surface area contributed by atoms with Crippen molar-refractivity contribution in [3.63, 3.8) is 0 Å². The zero-order valence-electron chi connectivity index (χ0n) is 16.3. The van der Waals surface area contributed by atoms with Crippen molar-refractivity contribution in [3.8, 4) is 17.2 Å². The van der Waals surface area contributed by atoms with Gasteiger partial charge in [-0.25, -0.2) is 4.79 Å². The number of carbonyl (C=O) groups excluding carboxylic acids is 2. The van der Waals surface area contributed by atoms with Gasteiger partial charge in [0.05, 0.1) is 26.4 Å². The molecular formula is C21H25NO6. The number of ether oxygens (including phenoxy) is 4. The highest BCUT2D eigenvalue weighted by Gasteiger charge is 2.14. The first-order valence-corrected chi connectivity index (χ1v) is 8.95. The second-order valence-corrected chi connectivity index (χ2v) is 5.79. The second kappa shape index (κ2) is 10.8. The molecular weight excluding hydrogens is 362 g/mol. The molecule has 0 fully saturated rings. The highest BCUT2D eigenvalue weighted by Crippen LogP contribution is 2.28. The fraction of sp³-hybridized carbons (Fsp3) is 0.333. The van der Waals surface area contributed by atoms with Crippen LogP contribution in [0.4, 0.5) is 0 Å². The van der Waals surface area contributed by atoms with Crippen LogP contribution in [-0.2, 0) is 16.0 Å². The number of amides is 1. The summed E-state index contributed by atoms with van der Waals surface area (Å²) < 4.78 is 21.0. The number of methoxy groups -OCH3 is 2. The summed E-state index contributed by atoms with van der Waals surface area (Å²) in [5.41, 5.74) is 1.27. The zero-order valence-corrected chi connectivity index (χ0v) is 16.3. The van der Waals surface area contributed by atoms with Gasteiger partial charge in [-0.2, -0.15) is 0 Å². The molecule has 0 saturated heterocycles. The minimum atomic E-state index is -0.610. The standard InChI is InChI=1S/C21H25NO6/c1-4-27-18-10-9-16(13-19(18)26-3)21(24)28-14-20(23)22-12-11-15-7-5-6-8-17(15)25-2/h5-10,13H,4,11-12,14H2,1-3H3,(H,22,23). The van der Waals surface area contributed by atoms with Crippen molar-refractivity contribution < 1.29 is 28.5 Å². The van der Waals surface area contributed by atoms with E-state index in [2.05, 4.69) is 5.32 Å². The molecule has 0 saturated carbocycles. The molecule has 28 heavy (non-hydrogen) atoms. The number of rotatable bonds is 10. The Balaban J connectivity index is 1.81.